The Bertz CT molecular complexity index is 1200. The summed E-state index contributed by atoms with van der Waals surface area (Å²) in [4.78, 5) is 39.0. The van der Waals surface area contributed by atoms with Gasteiger partial charge in [0.05, 0.1) is 13.2 Å². The van der Waals surface area contributed by atoms with E-state index in [2.05, 4.69) is 5.32 Å². The second-order valence-corrected chi connectivity index (χ2v) is 7.86. The smallest absolute Gasteiger partial charge is 0.349 e. The molecule has 2 heterocycles. The Hall–Kier alpha value is -3.85. The third-order valence-corrected chi connectivity index (χ3v) is 5.86. The fourth-order valence-electron chi connectivity index (χ4n) is 3.35. The van der Waals surface area contributed by atoms with Crippen molar-refractivity contribution in [3.05, 3.63) is 64.5 Å². The lowest BCUT2D eigenvalue weighted by molar-refractivity contribution is 0.0528. The molecule has 0 unspecified atom stereocenters. The van der Waals surface area contributed by atoms with E-state index in [1.807, 2.05) is 6.07 Å². The lowest BCUT2D eigenvalue weighted by Gasteiger charge is -2.10. The fourth-order valence-corrected chi connectivity index (χ4v) is 4.45. The van der Waals surface area contributed by atoms with Crippen molar-refractivity contribution in [2.45, 2.75) is 13.8 Å². The third kappa shape index (κ3) is 4.54. The molecule has 1 aliphatic rings. The van der Waals surface area contributed by atoms with Gasteiger partial charge in [-0.2, -0.15) is 0 Å². The maximum absolute atomic E-state index is 13.0. The van der Waals surface area contributed by atoms with Gasteiger partial charge in [0.25, 0.3) is 5.91 Å². The van der Waals surface area contributed by atoms with Crippen molar-refractivity contribution in [2.75, 3.05) is 25.3 Å². The molecule has 3 aromatic rings. The Morgan fingerprint density at radius 3 is 2.36 bits per heavy atom. The SMILES string of the molecule is CCOC(=O)c1sc(NC(=O)c2ccc3c(c2)OCO3)c(C(=O)OCC)c1-c1ccccc1. The van der Waals surface area contributed by atoms with Gasteiger partial charge >= 0.3 is 11.9 Å². The molecule has 0 fully saturated rings. The Balaban J connectivity index is 1.80. The summed E-state index contributed by atoms with van der Waals surface area (Å²) in [7, 11) is 0. The zero-order valence-corrected chi connectivity index (χ0v) is 18.8. The number of fused-ring (bicyclic) bond motifs is 1. The van der Waals surface area contributed by atoms with Gasteiger partial charge in [0.15, 0.2) is 11.5 Å². The van der Waals surface area contributed by atoms with Gasteiger partial charge in [-0.05, 0) is 37.6 Å². The molecule has 0 bridgehead atoms. The Labute approximate surface area is 194 Å². The number of hydrogen-bond acceptors (Lipinski definition) is 8. The number of rotatable bonds is 7. The lowest BCUT2D eigenvalue weighted by Crippen LogP contribution is -2.15. The van der Waals surface area contributed by atoms with E-state index in [9.17, 15) is 14.4 Å². The first-order valence-corrected chi connectivity index (χ1v) is 11.1. The number of carbonyl (C=O) groups is 3. The number of carbonyl (C=O) groups excluding carboxylic acids is 3. The summed E-state index contributed by atoms with van der Waals surface area (Å²) in [6.45, 7) is 3.76. The number of benzene rings is 2. The van der Waals surface area contributed by atoms with E-state index >= 15 is 0 Å². The first kappa shape index (κ1) is 22.3. The van der Waals surface area contributed by atoms with Crippen LogP contribution in [0.15, 0.2) is 48.5 Å². The molecule has 1 amide bonds. The topological polar surface area (TPSA) is 100 Å². The summed E-state index contributed by atoms with van der Waals surface area (Å²) >= 11 is 0.968. The minimum absolute atomic E-state index is 0.0850. The van der Waals surface area contributed by atoms with Crippen LogP contribution in [0.3, 0.4) is 0 Å². The molecule has 0 aliphatic carbocycles. The van der Waals surface area contributed by atoms with Crippen LogP contribution in [0.25, 0.3) is 11.1 Å². The molecule has 2 aromatic carbocycles. The molecule has 0 atom stereocenters. The number of hydrogen-bond donors (Lipinski definition) is 1. The van der Waals surface area contributed by atoms with Crippen LogP contribution in [-0.4, -0.2) is 37.9 Å². The number of ether oxygens (including phenoxy) is 4. The molecular formula is C24H21NO7S. The normalized spacial score (nSPS) is 11.7. The molecule has 170 valence electrons. The van der Waals surface area contributed by atoms with E-state index in [4.69, 9.17) is 18.9 Å². The molecule has 0 spiro atoms. The number of thiophene rings is 1. The van der Waals surface area contributed by atoms with Crippen LogP contribution in [0, 0.1) is 0 Å². The zero-order chi connectivity index (χ0) is 23.4. The van der Waals surface area contributed by atoms with E-state index in [0.29, 0.717) is 28.2 Å². The van der Waals surface area contributed by atoms with Crippen molar-refractivity contribution in [1.29, 1.82) is 0 Å². The molecule has 8 nitrogen and oxygen atoms in total. The average Bonchev–Trinajstić information content (AvgIpc) is 3.44. The Morgan fingerprint density at radius 1 is 0.939 bits per heavy atom. The maximum atomic E-state index is 13.0. The summed E-state index contributed by atoms with van der Waals surface area (Å²) in [5.41, 5.74) is 1.40. The maximum Gasteiger partial charge on any atom is 0.349 e. The van der Waals surface area contributed by atoms with E-state index in [0.717, 1.165) is 11.3 Å². The predicted octanol–water partition coefficient (Wildman–Crippen LogP) is 4.75. The van der Waals surface area contributed by atoms with Gasteiger partial charge in [0, 0.05) is 11.1 Å². The van der Waals surface area contributed by atoms with Gasteiger partial charge in [-0.25, -0.2) is 9.59 Å². The van der Waals surface area contributed by atoms with Crippen molar-refractivity contribution >= 4 is 34.2 Å². The van der Waals surface area contributed by atoms with Crippen LogP contribution < -0.4 is 14.8 Å². The van der Waals surface area contributed by atoms with Crippen LogP contribution in [-0.2, 0) is 9.47 Å². The van der Waals surface area contributed by atoms with E-state index in [1.165, 1.54) is 0 Å². The molecule has 0 radical (unpaired) electrons. The number of amides is 1. The highest BCUT2D eigenvalue weighted by atomic mass is 32.1. The van der Waals surface area contributed by atoms with Gasteiger partial charge in [-0.15, -0.1) is 11.3 Å². The third-order valence-electron chi connectivity index (χ3n) is 4.77. The van der Waals surface area contributed by atoms with Crippen molar-refractivity contribution in [3.63, 3.8) is 0 Å². The highest BCUT2D eigenvalue weighted by Crippen LogP contribution is 2.42. The van der Waals surface area contributed by atoms with E-state index < -0.39 is 17.8 Å². The molecule has 0 saturated carbocycles. The van der Waals surface area contributed by atoms with Crippen molar-refractivity contribution in [1.82, 2.24) is 0 Å². The van der Waals surface area contributed by atoms with Crippen molar-refractivity contribution in [3.8, 4) is 22.6 Å². The summed E-state index contributed by atoms with van der Waals surface area (Å²) in [5, 5.41) is 2.95. The van der Waals surface area contributed by atoms with Gasteiger partial charge in [-0.3, -0.25) is 4.79 Å². The molecular weight excluding hydrogens is 446 g/mol. The molecule has 0 saturated heterocycles. The second-order valence-electron chi connectivity index (χ2n) is 6.84. The van der Waals surface area contributed by atoms with Crippen LogP contribution in [0.1, 0.15) is 44.2 Å². The first-order valence-electron chi connectivity index (χ1n) is 10.3. The van der Waals surface area contributed by atoms with Crippen molar-refractivity contribution < 1.29 is 33.3 Å². The van der Waals surface area contributed by atoms with E-state index in [-0.39, 0.29) is 35.4 Å². The monoisotopic (exact) mass is 467 g/mol. The molecule has 1 aliphatic heterocycles. The van der Waals surface area contributed by atoms with Crippen molar-refractivity contribution in [2.24, 2.45) is 0 Å². The summed E-state index contributed by atoms with van der Waals surface area (Å²) in [5.74, 6) is -0.711. The minimum Gasteiger partial charge on any atom is -0.462 e. The summed E-state index contributed by atoms with van der Waals surface area (Å²) in [6.07, 6.45) is 0. The number of esters is 2. The zero-order valence-electron chi connectivity index (χ0n) is 18.0. The molecule has 1 aromatic heterocycles. The van der Waals surface area contributed by atoms with Crippen LogP contribution in [0.5, 0.6) is 11.5 Å². The average molecular weight is 467 g/mol. The molecule has 9 heteroatoms. The first-order chi connectivity index (χ1) is 16.0. The Kier molecular flexibility index (Phi) is 6.60. The van der Waals surface area contributed by atoms with Crippen LogP contribution >= 0.6 is 11.3 Å². The van der Waals surface area contributed by atoms with Crippen LogP contribution in [0.4, 0.5) is 5.00 Å². The number of anilines is 1. The second kappa shape index (κ2) is 9.74. The predicted molar refractivity (Wildman–Crippen MR) is 122 cm³/mol. The van der Waals surface area contributed by atoms with Crippen LogP contribution in [0.2, 0.25) is 0 Å². The largest absolute Gasteiger partial charge is 0.462 e. The van der Waals surface area contributed by atoms with Gasteiger partial charge in [-0.1, -0.05) is 30.3 Å². The Morgan fingerprint density at radius 2 is 1.64 bits per heavy atom. The van der Waals surface area contributed by atoms with Gasteiger partial charge in [0.1, 0.15) is 15.4 Å². The highest BCUT2D eigenvalue weighted by molar-refractivity contribution is 7.19. The highest BCUT2D eigenvalue weighted by Gasteiger charge is 2.31. The minimum atomic E-state index is -0.649. The molecule has 33 heavy (non-hydrogen) atoms. The molecule has 4 rings (SSSR count). The lowest BCUT2D eigenvalue weighted by atomic mass is 10.0. The number of nitrogens with one attached hydrogen (secondary N) is 1. The summed E-state index contributed by atoms with van der Waals surface area (Å²) in [6, 6.07) is 13.7. The van der Waals surface area contributed by atoms with Gasteiger partial charge in [0.2, 0.25) is 6.79 Å². The standard InChI is InChI=1S/C24H21NO7S/c1-3-29-23(27)19-18(14-8-6-5-7-9-14)20(24(28)30-4-2)33-22(19)25-21(26)15-10-11-16-17(12-15)32-13-31-16/h5-12H,3-4,13H2,1-2H3,(H,25,26). The fraction of sp³-hybridized carbons (Fsp3) is 0.208. The molecule has 1 N–H and O–H groups in total. The summed E-state index contributed by atoms with van der Waals surface area (Å²) < 4.78 is 21.1. The van der Waals surface area contributed by atoms with E-state index in [1.54, 1.807) is 56.3 Å². The van der Waals surface area contributed by atoms with Gasteiger partial charge < -0.3 is 24.3 Å². The quantitative estimate of drug-likeness (QED) is 0.501.